The molecule has 0 radical (unpaired) electrons. The molecule has 2 aliphatic heterocycles. The van der Waals surface area contributed by atoms with Gasteiger partial charge in [-0.3, -0.25) is 9.69 Å². The Balaban J connectivity index is 1.45. The van der Waals surface area contributed by atoms with E-state index >= 15 is 0 Å². The molecule has 1 aromatic heterocycles. The summed E-state index contributed by atoms with van der Waals surface area (Å²) in [5.41, 5.74) is 0. The second kappa shape index (κ2) is 6.70. The molecule has 0 unspecified atom stereocenters. The molecule has 0 saturated carbocycles. The highest BCUT2D eigenvalue weighted by Gasteiger charge is 2.24. The van der Waals surface area contributed by atoms with Gasteiger partial charge in [-0.2, -0.15) is 0 Å². The molecule has 2 fully saturated rings. The molecule has 3 heterocycles. The number of rotatable bonds is 3. The van der Waals surface area contributed by atoms with E-state index in [4.69, 9.17) is 0 Å². The quantitative estimate of drug-likeness (QED) is 0.917. The lowest BCUT2D eigenvalue weighted by Gasteiger charge is -2.37. The van der Waals surface area contributed by atoms with E-state index in [1.165, 1.54) is 32.5 Å². The van der Waals surface area contributed by atoms with Gasteiger partial charge in [-0.15, -0.1) is 11.3 Å². The number of amides is 1. The van der Waals surface area contributed by atoms with Gasteiger partial charge in [-0.25, -0.2) is 0 Å². The van der Waals surface area contributed by atoms with Gasteiger partial charge in [0.25, 0.3) is 5.91 Å². The molecule has 5 heteroatoms. The fourth-order valence-corrected chi connectivity index (χ4v) is 3.81. The number of piperidine rings is 1. The van der Waals surface area contributed by atoms with E-state index in [0.29, 0.717) is 0 Å². The maximum absolute atomic E-state index is 12.3. The molecule has 0 bridgehead atoms. The smallest absolute Gasteiger partial charge is 0.264 e. The molecule has 3 rings (SSSR count). The number of carbonyl (C=O) groups excluding carboxylic acids is 1. The first-order chi connectivity index (χ1) is 9.83. The highest BCUT2D eigenvalue weighted by atomic mass is 32.1. The molecule has 0 aliphatic carbocycles. The number of carbonyl (C=O) groups is 1. The number of nitrogens with one attached hydrogen (secondary N) is 1. The second-order valence-electron chi connectivity index (χ2n) is 5.76. The fourth-order valence-electron chi connectivity index (χ4n) is 3.12. The Kier molecular flexibility index (Phi) is 4.70. The van der Waals surface area contributed by atoms with Crippen LogP contribution in [0.25, 0.3) is 0 Å². The van der Waals surface area contributed by atoms with Crippen molar-refractivity contribution in [1.29, 1.82) is 0 Å². The molecule has 0 spiro atoms. The number of hydrogen-bond donors (Lipinski definition) is 1. The maximum Gasteiger partial charge on any atom is 0.264 e. The van der Waals surface area contributed by atoms with Crippen LogP contribution in [0.4, 0.5) is 0 Å². The first-order valence-electron chi connectivity index (χ1n) is 7.59. The van der Waals surface area contributed by atoms with Crippen LogP contribution in [-0.4, -0.2) is 61.5 Å². The van der Waals surface area contributed by atoms with Gasteiger partial charge in [0, 0.05) is 32.7 Å². The Hall–Kier alpha value is -0.910. The zero-order valence-electron chi connectivity index (χ0n) is 11.9. The Morgan fingerprint density at radius 1 is 1.25 bits per heavy atom. The average Bonchev–Trinajstić information content (AvgIpc) is 3.03. The molecule has 2 aliphatic rings. The van der Waals surface area contributed by atoms with Crippen LogP contribution in [0.3, 0.4) is 0 Å². The van der Waals surface area contributed by atoms with Crippen molar-refractivity contribution in [2.75, 3.05) is 45.8 Å². The third kappa shape index (κ3) is 3.40. The van der Waals surface area contributed by atoms with Crippen molar-refractivity contribution in [3.63, 3.8) is 0 Å². The van der Waals surface area contributed by atoms with Crippen LogP contribution in [0.2, 0.25) is 0 Å². The monoisotopic (exact) mass is 293 g/mol. The molecule has 2 saturated heterocycles. The largest absolute Gasteiger partial charge is 0.335 e. The van der Waals surface area contributed by atoms with Gasteiger partial charge in [0.1, 0.15) is 0 Å². The van der Waals surface area contributed by atoms with Gasteiger partial charge < -0.3 is 10.2 Å². The Bertz CT molecular complexity index is 420. The van der Waals surface area contributed by atoms with Crippen molar-refractivity contribution in [3.05, 3.63) is 22.4 Å². The van der Waals surface area contributed by atoms with Crippen LogP contribution in [0, 0.1) is 5.92 Å². The summed E-state index contributed by atoms with van der Waals surface area (Å²) < 4.78 is 0. The van der Waals surface area contributed by atoms with Gasteiger partial charge in [0.15, 0.2) is 0 Å². The highest BCUT2D eigenvalue weighted by molar-refractivity contribution is 7.12. The predicted octanol–water partition coefficient (Wildman–Crippen LogP) is 1.51. The van der Waals surface area contributed by atoms with Crippen LogP contribution >= 0.6 is 11.3 Å². The topological polar surface area (TPSA) is 35.6 Å². The Labute approximate surface area is 124 Å². The minimum absolute atomic E-state index is 0.210. The van der Waals surface area contributed by atoms with Crippen LogP contribution < -0.4 is 5.32 Å². The molecule has 0 atom stereocenters. The summed E-state index contributed by atoms with van der Waals surface area (Å²) >= 11 is 1.54. The van der Waals surface area contributed by atoms with Gasteiger partial charge in [-0.05, 0) is 43.3 Å². The van der Waals surface area contributed by atoms with Crippen molar-refractivity contribution >= 4 is 17.2 Å². The minimum Gasteiger partial charge on any atom is -0.335 e. The SMILES string of the molecule is O=C(c1cccs1)N1CCN(CC2CCNCC2)CC1. The third-order valence-electron chi connectivity index (χ3n) is 4.37. The van der Waals surface area contributed by atoms with Crippen LogP contribution in [-0.2, 0) is 0 Å². The highest BCUT2D eigenvalue weighted by Crippen LogP contribution is 2.17. The van der Waals surface area contributed by atoms with Crippen LogP contribution in [0.1, 0.15) is 22.5 Å². The molecular formula is C15H23N3OS. The minimum atomic E-state index is 0.210. The molecule has 1 aromatic rings. The second-order valence-corrected chi connectivity index (χ2v) is 6.71. The van der Waals surface area contributed by atoms with Gasteiger partial charge in [0.2, 0.25) is 0 Å². The zero-order valence-corrected chi connectivity index (χ0v) is 12.7. The number of thiophene rings is 1. The van der Waals surface area contributed by atoms with Crippen molar-refractivity contribution in [3.8, 4) is 0 Å². The van der Waals surface area contributed by atoms with E-state index < -0.39 is 0 Å². The van der Waals surface area contributed by atoms with Crippen LogP contribution in [0.5, 0.6) is 0 Å². The Morgan fingerprint density at radius 3 is 2.65 bits per heavy atom. The molecular weight excluding hydrogens is 270 g/mol. The molecule has 1 amide bonds. The van der Waals surface area contributed by atoms with E-state index in [1.807, 2.05) is 22.4 Å². The van der Waals surface area contributed by atoms with Gasteiger partial charge in [-0.1, -0.05) is 6.07 Å². The Morgan fingerprint density at radius 2 is 2.00 bits per heavy atom. The molecule has 1 N–H and O–H groups in total. The average molecular weight is 293 g/mol. The van der Waals surface area contributed by atoms with Crippen molar-refractivity contribution in [2.45, 2.75) is 12.8 Å². The summed E-state index contributed by atoms with van der Waals surface area (Å²) in [6.45, 7) is 7.36. The van der Waals surface area contributed by atoms with Gasteiger partial charge >= 0.3 is 0 Å². The van der Waals surface area contributed by atoms with Crippen molar-refractivity contribution in [2.24, 2.45) is 5.92 Å². The van der Waals surface area contributed by atoms with Gasteiger partial charge in [0.05, 0.1) is 4.88 Å². The molecule has 110 valence electrons. The van der Waals surface area contributed by atoms with Crippen molar-refractivity contribution < 1.29 is 4.79 Å². The van der Waals surface area contributed by atoms with E-state index in [-0.39, 0.29) is 5.91 Å². The number of nitrogens with zero attached hydrogens (tertiary/aromatic N) is 2. The van der Waals surface area contributed by atoms with Crippen molar-refractivity contribution in [1.82, 2.24) is 15.1 Å². The first kappa shape index (κ1) is 14.0. The van der Waals surface area contributed by atoms with E-state index in [1.54, 1.807) is 11.3 Å². The summed E-state index contributed by atoms with van der Waals surface area (Å²) in [6.07, 6.45) is 2.60. The summed E-state index contributed by atoms with van der Waals surface area (Å²) in [4.78, 5) is 17.7. The molecule has 0 aromatic carbocycles. The predicted molar refractivity (Wildman–Crippen MR) is 82.3 cm³/mol. The molecule has 20 heavy (non-hydrogen) atoms. The third-order valence-corrected chi connectivity index (χ3v) is 5.22. The number of hydrogen-bond acceptors (Lipinski definition) is 4. The molecule has 4 nitrogen and oxygen atoms in total. The lowest BCUT2D eigenvalue weighted by atomic mass is 9.97. The standard InChI is InChI=1S/C15H23N3OS/c19-15(14-2-1-11-20-14)18-9-7-17(8-10-18)12-13-3-5-16-6-4-13/h1-2,11,13,16H,3-10,12H2. The summed E-state index contributed by atoms with van der Waals surface area (Å²) in [6, 6.07) is 3.87. The van der Waals surface area contributed by atoms with E-state index in [2.05, 4.69) is 10.2 Å². The first-order valence-corrected chi connectivity index (χ1v) is 8.47. The summed E-state index contributed by atoms with van der Waals surface area (Å²) in [5.74, 6) is 1.05. The zero-order chi connectivity index (χ0) is 13.8. The normalized spacial score (nSPS) is 22.1. The van der Waals surface area contributed by atoms with E-state index in [0.717, 1.165) is 37.0 Å². The lowest BCUT2D eigenvalue weighted by molar-refractivity contribution is 0.0613. The van der Waals surface area contributed by atoms with Crippen LogP contribution in [0.15, 0.2) is 17.5 Å². The fraction of sp³-hybridized carbons (Fsp3) is 0.667. The number of piperazine rings is 1. The maximum atomic E-state index is 12.3. The summed E-state index contributed by atoms with van der Waals surface area (Å²) in [7, 11) is 0. The lowest BCUT2D eigenvalue weighted by Crippen LogP contribution is -2.50. The summed E-state index contributed by atoms with van der Waals surface area (Å²) in [5, 5.41) is 5.39. The van der Waals surface area contributed by atoms with E-state index in [9.17, 15) is 4.79 Å².